The van der Waals surface area contributed by atoms with Gasteiger partial charge in [0, 0.05) is 40.4 Å². The average molecular weight is 392 g/mol. The molecule has 2 aromatic rings. The van der Waals surface area contributed by atoms with E-state index in [0.29, 0.717) is 6.54 Å². The van der Waals surface area contributed by atoms with Gasteiger partial charge in [-0.3, -0.25) is 0 Å². The van der Waals surface area contributed by atoms with Crippen LogP contribution < -0.4 is 0 Å². The van der Waals surface area contributed by atoms with Crippen molar-refractivity contribution in [3.8, 4) is 0 Å². The van der Waals surface area contributed by atoms with Crippen LogP contribution in [0.15, 0.2) is 29.0 Å². The molecule has 0 bridgehead atoms. The first-order chi connectivity index (χ1) is 11.2. The van der Waals surface area contributed by atoms with Gasteiger partial charge in [0.2, 0.25) is 0 Å². The first-order valence-corrected chi connectivity index (χ1v) is 8.85. The van der Waals surface area contributed by atoms with E-state index in [1.807, 2.05) is 27.0 Å². The number of nitrogens with zero attached hydrogens (tertiary/aromatic N) is 2. The van der Waals surface area contributed by atoms with E-state index in [-0.39, 0.29) is 12.1 Å². The van der Waals surface area contributed by atoms with Gasteiger partial charge in [0.1, 0.15) is 11.2 Å². The summed E-state index contributed by atoms with van der Waals surface area (Å²) in [5.41, 5.74) is 2.77. The third kappa shape index (κ3) is 3.48. The molecular formula is C18H22BrN3O2. The van der Waals surface area contributed by atoms with Gasteiger partial charge in [0.25, 0.3) is 0 Å². The molecule has 0 fully saturated rings. The lowest BCUT2D eigenvalue weighted by Gasteiger charge is -2.34. The molecule has 0 saturated heterocycles. The third-order valence-corrected chi connectivity index (χ3v) is 4.49. The highest BCUT2D eigenvalue weighted by Gasteiger charge is 2.29. The van der Waals surface area contributed by atoms with Crippen molar-refractivity contribution in [2.75, 3.05) is 6.54 Å². The Kier molecular flexibility index (Phi) is 4.42. The van der Waals surface area contributed by atoms with E-state index in [1.165, 1.54) is 5.57 Å². The van der Waals surface area contributed by atoms with E-state index in [4.69, 9.17) is 4.74 Å². The molecular weight excluding hydrogens is 370 g/mol. The van der Waals surface area contributed by atoms with Crippen LogP contribution >= 0.6 is 15.9 Å². The predicted molar refractivity (Wildman–Crippen MR) is 98.8 cm³/mol. The lowest BCUT2D eigenvalue weighted by atomic mass is 9.95. The fraction of sp³-hybridized carbons (Fsp3) is 0.444. The molecule has 6 heteroatoms. The van der Waals surface area contributed by atoms with Crippen molar-refractivity contribution in [3.63, 3.8) is 0 Å². The first kappa shape index (κ1) is 17.0. The number of hydrogen-bond acceptors (Lipinski definition) is 3. The Labute approximate surface area is 150 Å². The van der Waals surface area contributed by atoms with Crippen LogP contribution in [0.3, 0.4) is 0 Å². The summed E-state index contributed by atoms with van der Waals surface area (Å²) in [6.07, 6.45) is 6.41. The molecule has 2 aromatic heterocycles. The highest BCUT2D eigenvalue weighted by atomic mass is 79.9. The highest BCUT2D eigenvalue weighted by Crippen LogP contribution is 2.32. The molecule has 24 heavy (non-hydrogen) atoms. The largest absolute Gasteiger partial charge is 0.444 e. The summed E-state index contributed by atoms with van der Waals surface area (Å²) < 4.78 is 6.45. The third-order valence-electron chi connectivity index (χ3n) is 4.05. The second kappa shape index (κ2) is 6.24. The van der Waals surface area contributed by atoms with Crippen molar-refractivity contribution in [2.45, 2.75) is 45.8 Å². The summed E-state index contributed by atoms with van der Waals surface area (Å²) in [5.74, 6) is 0. The van der Waals surface area contributed by atoms with Crippen LogP contribution in [-0.4, -0.2) is 39.1 Å². The number of ether oxygens (including phenoxy) is 1. The second-order valence-corrected chi connectivity index (χ2v) is 8.08. The summed E-state index contributed by atoms with van der Waals surface area (Å²) in [5, 5.41) is 1.09. The predicted octanol–water partition coefficient (Wildman–Crippen LogP) is 4.74. The number of pyridine rings is 1. The maximum absolute atomic E-state index is 12.3. The van der Waals surface area contributed by atoms with E-state index in [1.54, 1.807) is 11.1 Å². The van der Waals surface area contributed by atoms with Gasteiger partial charge in [0.15, 0.2) is 0 Å². The van der Waals surface area contributed by atoms with Gasteiger partial charge >= 0.3 is 6.09 Å². The summed E-state index contributed by atoms with van der Waals surface area (Å²) in [6, 6.07) is 2.16. The lowest BCUT2D eigenvalue weighted by molar-refractivity contribution is 0.0199. The molecule has 1 N–H and O–H groups in total. The maximum atomic E-state index is 12.3. The molecule has 3 heterocycles. The minimum atomic E-state index is -0.477. The molecule has 0 spiro atoms. The maximum Gasteiger partial charge on any atom is 0.410 e. The van der Waals surface area contributed by atoms with Gasteiger partial charge in [-0.25, -0.2) is 9.78 Å². The van der Waals surface area contributed by atoms with Crippen LogP contribution in [0, 0.1) is 0 Å². The number of rotatable bonds is 1. The van der Waals surface area contributed by atoms with Crippen molar-refractivity contribution in [2.24, 2.45) is 0 Å². The van der Waals surface area contributed by atoms with Crippen molar-refractivity contribution in [1.29, 1.82) is 0 Å². The number of carbonyl (C=O) groups is 1. The summed E-state index contributed by atoms with van der Waals surface area (Å²) in [4.78, 5) is 21.7. The van der Waals surface area contributed by atoms with Crippen molar-refractivity contribution in [1.82, 2.24) is 14.9 Å². The van der Waals surface area contributed by atoms with Crippen molar-refractivity contribution < 1.29 is 9.53 Å². The number of aromatic amines is 1. The Hall–Kier alpha value is -1.82. The molecule has 3 rings (SSSR count). The number of hydrogen-bond donors (Lipinski definition) is 1. The molecule has 0 aliphatic carbocycles. The van der Waals surface area contributed by atoms with Gasteiger partial charge in [-0.15, -0.1) is 0 Å². The number of halogens is 1. The fourth-order valence-electron chi connectivity index (χ4n) is 2.94. The van der Waals surface area contributed by atoms with Crippen LogP contribution in [0.2, 0.25) is 0 Å². The van der Waals surface area contributed by atoms with Crippen LogP contribution in [0.4, 0.5) is 4.79 Å². The Bertz CT molecular complexity index is 804. The number of fused-ring (bicyclic) bond motifs is 1. The van der Waals surface area contributed by atoms with E-state index in [2.05, 4.69) is 45.0 Å². The number of amides is 1. The SMILES string of the molecule is CC1CC(c2c[nH]c3ncc(Br)cc23)=CCN1C(=O)OC(C)(C)C. The van der Waals surface area contributed by atoms with Crippen LogP contribution in [0.5, 0.6) is 0 Å². The van der Waals surface area contributed by atoms with Gasteiger partial charge in [-0.2, -0.15) is 0 Å². The van der Waals surface area contributed by atoms with Crippen molar-refractivity contribution >= 4 is 38.6 Å². The quantitative estimate of drug-likeness (QED) is 0.763. The Morgan fingerprint density at radius 3 is 2.88 bits per heavy atom. The minimum Gasteiger partial charge on any atom is -0.444 e. The Morgan fingerprint density at radius 2 is 2.21 bits per heavy atom. The summed E-state index contributed by atoms with van der Waals surface area (Å²) >= 11 is 3.48. The zero-order valence-corrected chi connectivity index (χ0v) is 16.0. The molecule has 128 valence electrons. The molecule has 1 atom stereocenters. The smallest absolute Gasteiger partial charge is 0.410 e. The van der Waals surface area contributed by atoms with Crippen LogP contribution in [-0.2, 0) is 4.74 Å². The second-order valence-electron chi connectivity index (χ2n) is 7.17. The number of nitrogens with one attached hydrogen (secondary N) is 1. The molecule has 1 unspecified atom stereocenters. The molecule has 1 aliphatic heterocycles. The first-order valence-electron chi connectivity index (χ1n) is 8.06. The van der Waals surface area contributed by atoms with Gasteiger partial charge in [-0.1, -0.05) is 6.08 Å². The van der Waals surface area contributed by atoms with Gasteiger partial charge < -0.3 is 14.6 Å². The van der Waals surface area contributed by atoms with E-state index in [9.17, 15) is 4.79 Å². The number of aromatic nitrogens is 2. The van der Waals surface area contributed by atoms with Crippen molar-refractivity contribution in [3.05, 3.63) is 34.6 Å². The van der Waals surface area contributed by atoms with Gasteiger partial charge in [0.05, 0.1) is 0 Å². The fourth-order valence-corrected chi connectivity index (χ4v) is 3.27. The average Bonchev–Trinajstić information content (AvgIpc) is 2.88. The molecule has 0 radical (unpaired) electrons. The Balaban J connectivity index is 1.84. The van der Waals surface area contributed by atoms with E-state index >= 15 is 0 Å². The number of H-pyrrole nitrogens is 1. The molecule has 0 saturated carbocycles. The lowest BCUT2D eigenvalue weighted by Crippen LogP contribution is -2.44. The standard InChI is InChI=1S/C18H22BrN3O2/c1-11-7-12(5-6-22(11)17(23)24-18(2,3)4)15-10-21-16-14(15)8-13(19)9-20-16/h5,8-11H,6-7H2,1-4H3,(H,20,21). The molecule has 1 amide bonds. The topological polar surface area (TPSA) is 58.2 Å². The highest BCUT2D eigenvalue weighted by molar-refractivity contribution is 9.10. The number of carbonyl (C=O) groups excluding carboxylic acids is 1. The van der Waals surface area contributed by atoms with Gasteiger partial charge in [-0.05, 0) is 61.7 Å². The molecule has 0 aromatic carbocycles. The molecule has 5 nitrogen and oxygen atoms in total. The van der Waals surface area contributed by atoms with Crippen LogP contribution in [0.1, 0.15) is 39.7 Å². The zero-order chi connectivity index (χ0) is 17.5. The normalized spacial score (nSPS) is 18.6. The van der Waals surface area contributed by atoms with E-state index < -0.39 is 5.60 Å². The summed E-state index contributed by atoms with van der Waals surface area (Å²) in [7, 11) is 0. The summed E-state index contributed by atoms with van der Waals surface area (Å²) in [6.45, 7) is 8.27. The monoisotopic (exact) mass is 391 g/mol. The Morgan fingerprint density at radius 1 is 1.46 bits per heavy atom. The molecule has 1 aliphatic rings. The van der Waals surface area contributed by atoms with E-state index in [0.717, 1.165) is 27.5 Å². The zero-order valence-electron chi connectivity index (χ0n) is 14.4. The minimum absolute atomic E-state index is 0.0879. The van der Waals surface area contributed by atoms with Crippen LogP contribution in [0.25, 0.3) is 16.6 Å².